The molecule has 2 N–H and O–H groups in total. The van der Waals surface area contributed by atoms with Crippen molar-refractivity contribution in [2.24, 2.45) is 0 Å². The highest BCUT2D eigenvalue weighted by Crippen LogP contribution is 2.15. The van der Waals surface area contributed by atoms with Gasteiger partial charge in [0.2, 0.25) is 0 Å². The molecule has 0 spiro atoms. The minimum atomic E-state index is 0.0805. The molecule has 14 heavy (non-hydrogen) atoms. The van der Waals surface area contributed by atoms with Gasteiger partial charge in [-0.1, -0.05) is 11.6 Å². The van der Waals surface area contributed by atoms with Crippen LogP contribution in [0.1, 0.15) is 25.5 Å². The van der Waals surface area contributed by atoms with Crippen molar-refractivity contribution in [3.05, 3.63) is 29.0 Å². The van der Waals surface area contributed by atoms with Gasteiger partial charge in [-0.25, -0.2) is 4.98 Å². The molecule has 1 rings (SSSR count). The van der Waals surface area contributed by atoms with E-state index in [1.165, 1.54) is 0 Å². The van der Waals surface area contributed by atoms with E-state index in [0.717, 1.165) is 5.56 Å². The van der Waals surface area contributed by atoms with Gasteiger partial charge in [0.25, 0.3) is 0 Å². The number of rotatable bonds is 4. The molecule has 0 saturated heterocycles. The van der Waals surface area contributed by atoms with Crippen LogP contribution in [0.15, 0.2) is 18.3 Å². The summed E-state index contributed by atoms with van der Waals surface area (Å²) in [6, 6.07) is 3.98. The molecule has 2 atom stereocenters. The van der Waals surface area contributed by atoms with Crippen molar-refractivity contribution < 1.29 is 5.11 Å². The molecule has 4 heteroatoms. The number of aliphatic hydroxyl groups excluding tert-OH is 1. The maximum atomic E-state index is 8.88. The van der Waals surface area contributed by atoms with E-state index in [1.807, 2.05) is 26.0 Å². The minimum Gasteiger partial charge on any atom is -0.395 e. The monoisotopic (exact) mass is 214 g/mol. The maximum Gasteiger partial charge on any atom is 0.129 e. The fourth-order valence-corrected chi connectivity index (χ4v) is 1.44. The fourth-order valence-electron chi connectivity index (χ4n) is 1.26. The van der Waals surface area contributed by atoms with Gasteiger partial charge in [-0.2, -0.15) is 0 Å². The first kappa shape index (κ1) is 11.4. The van der Waals surface area contributed by atoms with Crippen molar-refractivity contribution in [3.8, 4) is 0 Å². The van der Waals surface area contributed by atoms with Gasteiger partial charge in [0, 0.05) is 18.3 Å². The Bertz CT molecular complexity index is 293. The zero-order valence-electron chi connectivity index (χ0n) is 8.37. The zero-order chi connectivity index (χ0) is 10.6. The summed E-state index contributed by atoms with van der Waals surface area (Å²) in [6.45, 7) is 4.08. The van der Waals surface area contributed by atoms with Crippen LogP contribution in [0.3, 0.4) is 0 Å². The lowest BCUT2D eigenvalue weighted by Crippen LogP contribution is -2.31. The lowest BCUT2D eigenvalue weighted by Gasteiger charge is -2.18. The van der Waals surface area contributed by atoms with Crippen LogP contribution in [0.25, 0.3) is 0 Å². The standard InChI is InChI=1S/C10H15ClN2O/c1-7(6-14)13-8(2)9-3-4-12-10(11)5-9/h3-5,7-8,13-14H,6H2,1-2H3/t7-,8?/m0/s1. The van der Waals surface area contributed by atoms with E-state index in [0.29, 0.717) is 5.15 Å². The Balaban J connectivity index is 2.64. The van der Waals surface area contributed by atoms with E-state index in [2.05, 4.69) is 10.3 Å². The molecule has 0 radical (unpaired) electrons. The van der Waals surface area contributed by atoms with E-state index >= 15 is 0 Å². The largest absolute Gasteiger partial charge is 0.395 e. The van der Waals surface area contributed by atoms with Gasteiger partial charge in [-0.15, -0.1) is 0 Å². The lowest BCUT2D eigenvalue weighted by molar-refractivity contribution is 0.243. The number of nitrogens with one attached hydrogen (secondary N) is 1. The third kappa shape index (κ3) is 3.25. The molecule has 78 valence electrons. The Morgan fingerprint density at radius 1 is 1.57 bits per heavy atom. The van der Waals surface area contributed by atoms with Crippen molar-refractivity contribution in [1.82, 2.24) is 10.3 Å². The molecule has 0 fully saturated rings. The smallest absolute Gasteiger partial charge is 0.129 e. The Kier molecular flexibility index (Phi) is 4.32. The normalized spacial score (nSPS) is 15.1. The second-order valence-corrected chi connectivity index (χ2v) is 3.77. The Morgan fingerprint density at radius 3 is 2.86 bits per heavy atom. The van der Waals surface area contributed by atoms with Crippen molar-refractivity contribution >= 4 is 11.6 Å². The molecule has 0 aromatic carbocycles. The van der Waals surface area contributed by atoms with Gasteiger partial charge in [0.05, 0.1) is 6.61 Å². The summed E-state index contributed by atoms with van der Waals surface area (Å²) < 4.78 is 0. The van der Waals surface area contributed by atoms with Crippen LogP contribution in [0.2, 0.25) is 5.15 Å². The van der Waals surface area contributed by atoms with Gasteiger partial charge < -0.3 is 10.4 Å². The van der Waals surface area contributed by atoms with Crippen LogP contribution in [-0.2, 0) is 0 Å². The summed E-state index contributed by atoms with van der Waals surface area (Å²) in [4.78, 5) is 3.91. The topological polar surface area (TPSA) is 45.1 Å². The van der Waals surface area contributed by atoms with Gasteiger partial charge in [0.15, 0.2) is 0 Å². The Morgan fingerprint density at radius 2 is 2.29 bits per heavy atom. The Labute approximate surface area is 89.1 Å². The molecule has 3 nitrogen and oxygen atoms in total. The van der Waals surface area contributed by atoms with Crippen LogP contribution in [0.5, 0.6) is 0 Å². The highest BCUT2D eigenvalue weighted by atomic mass is 35.5. The van der Waals surface area contributed by atoms with Gasteiger partial charge in [-0.05, 0) is 31.5 Å². The van der Waals surface area contributed by atoms with Gasteiger partial charge in [-0.3, -0.25) is 0 Å². The lowest BCUT2D eigenvalue weighted by atomic mass is 10.1. The van der Waals surface area contributed by atoms with Gasteiger partial charge >= 0.3 is 0 Å². The van der Waals surface area contributed by atoms with E-state index in [1.54, 1.807) is 6.20 Å². The second kappa shape index (κ2) is 5.29. The molecule has 0 aliphatic carbocycles. The SMILES string of the molecule is CC(N[C@@H](C)CO)c1ccnc(Cl)c1. The van der Waals surface area contributed by atoms with Crippen molar-refractivity contribution in [2.45, 2.75) is 25.9 Å². The van der Waals surface area contributed by atoms with E-state index in [9.17, 15) is 0 Å². The highest BCUT2D eigenvalue weighted by Gasteiger charge is 2.08. The highest BCUT2D eigenvalue weighted by molar-refractivity contribution is 6.29. The number of nitrogens with zero attached hydrogens (tertiary/aromatic N) is 1. The maximum absolute atomic E-state index is 8.88. The number of hydrogen-bond donors (Lipinski definition) is 2. The number of aliphatic hydroxyl groups is 1. The molecule has 1 aromatic rings. The van der Waals surface area contributed by atoms with Crippen LogP contribution in [-0.4, -0.2) is 22.7 Å². The third-order valence-corrected chi connectivity index (χ3v) is 2.27. The molecule has 0 aliphatic heterocycles. The summed E-state index contributed by atoms with van der Waals surface area (Å²) in [6.07, 6.45) is 1.68. The molecule has 1 unspecified atom stereocenters. The molecule has 1 heterocycles. The van der Waals surface area contributed by atoms with Crippen molar-refractivity contribution in [3.63, 3.8) is 0 Å². The van der Waals surface area contributed by atoms with Crippen LogP contribution < -0.4 is 5.32 Å². The number of halogens is 1. The number of pyridine rings is 1. The predicted molar refractivity (Wildman–Crippen MR) is 57.3 cm³/mol. The molecular weight excluding hydrogens is 200 g/mol. The first-order valence-corrected chi connectivity index (χ1v) is 4.99. The molecule has 0 saturated carbocycles. The quantitative estimate of drug-likeness (QED) is 0.751. The average Bonchev–Trinajstić information content (AvgIpc) is 2.17. The fraction of sp³-hybridized carbons (Fsp3) is 0.500. The van der Waals surface area contributed by atoms with E-state index in [-0.39, 0.29) is 18.7 Å². The number of hydrogen-bond acceptors (Lipinski definition) is 3. The predicted octanol–water partition coefficient (Wildman–Crippen LogP) is 1.77. The van der Waals surface area contributed by atoms with E-state index in [4.69, 9.17) is 16.7 Å². The third-order valence-electron chi connectivity index (χ3n) is 2.06. The zero-order valence-corrected chi connectivity index (χ0v) is 9.12. The minimum absolute atomic E-state index is 0.0805. The summed E-state index contributed by atoms with van der Waals surface area (Å²) in [7, 11) is 0. The first-order chi connectivity index (χ1) is 6.63. The first-order valence-electron chi connectivity index (χ1n) is 4.62. The van der Waals surface area contributed by atoms with Crippen LogP contribution in [0, 0.1) is 0 Å². The summed E-state index contributed by atoms with van der Waals surface area (Å²) in [5.41, 5.74) is 1.07. The molecule has 1 aromatic heterocycles. The second-order valence-electron chi connectivity index (χ2n) is 3.38. The summed E-state index contributed by atoms with van der Waals surface area (Å²) in [5.74, 6) is 0. The van der Waals surface area contributed by atoms with Crippen LogP contribution in [0.4, 0.5) is 0 Å². The molecule has 0 aliphatic rings. The summed E-state index contributed by atoms with van der Waals surface area (Å²) in [5, 5.41) is 12.6. The van der Waals surface area contributed by atoms with Crippen LogP contribution >= 0.6 is 11.6 Å². The van der Waals surface area contributed by atoms with Gasteiger partial charge in [0.1, 0.15) is 5.15 Å². The van der Waals surface area contributed by atoms with E-state index < -0.39 is 0 Å². The Hall–Kier alpha value is -0.640. The van der Waals surface area contributed by atoms with Crippen molar-refractivity contribution in [2.75, 3.05) is 6.61 Å². The molecular formula is C10H15ClN2O. The summed E-state index contributed by atoms with van der Waals surface area (Å²) >= 11 is 5.77. The molecule has 0 bridgehead atoms. The average molecular weight is 215 g/mol. The van der Waals surface area contributed by atoms with Crippen molar-refractivity contribution in [1.29, 1.82) is 0 Å². The number of aromatic nitrogens is 1. The molecule has 0 amide bonds.